The van der Waals surface area contributed by atoms with Crippen molar-refractivity contribution >= 4 is 40.7 Å². The highest BCUT2D eigenvalue weighted by atomic mass is 35.5. The van der Waals surface area contributed by atoms with E-state index in [-0.39, 0.29) is 11.3 Å². The van der Waals surface area contributed by atoms with Gasteiger partial charge in [0, 0.05) is 23.5 Å². The minimum atomic E-state index is -0.745. The van der Waals surface area contributed by atoms with Crippen LogP contribution in [0, 0.1) is 20.8 Å². The Balaban J connectivity index is 2.18. The van der Waals surface area contributed by atoms with Gasteiger partial charge in [-0.05, 0) is 71.1 Å². The van der Waals surface area contributed by atoms with E-state index in [1.807, 2.05) is 39.8 Å². The molecule has 1 aliphatic rings. The van der Waals surface area contributed by atoms with Gasteiger partial charge in [0.2, 0.25) is 0 Å². The summed E-state index contributed by atoms with van der Waals surface area (Å²) in [5.74, 6) is -1.50. The van der Waals surface area contributed by atoms with Crippen molar-refractivity contribution in [1.82, 2.24) is 14.8 Å². The van der Waals surface area contributed by atoms with Crippen LogP contribution in [0.1, 0.15) is 40.5 Å². The fourth-order valence-electron chi connectivity index (χ4n) is 4.09. The standard InChI is InChI=1S/C23H27Cl2N3O3/c1-12-13(2)26-14(3)18(12)21(29)19-20(15-7-8-16(24)17(25)11-15)28(23(31)22(19)30)10-6-9-27(4)5/h7-8,11,20,26,29H,6,9-10H2,1-5H3/b21-19+. The van der Waals surface area contributed by atoms with Crippen LogP contribution in [0.4, 0.5) is 0 Å². The van der Waals surface area contributed by atoms with Crippen LogP contribution in [0.2, 0.25) is 10.0 Å². The number of nitrogens with one attached hydrogen (secondary N) is 1. The summed E-state index contributed by atoms with van der Waals surface area (Å²) in [5.41, 5.74) is 3.71. The first-order chi connectivity index (χ1) is 14.5. The minimum Gasteiger partial charge on any atom is -0.507 e. The third-order valence-electron chi connectivity index (χ3n) is 5.73. The second kappa shape index (κ2) is 9.07. The molecule has 0 radical (unpaired) electrons. The number of halogens is 2. The number of rotatable bonds is 6. The lowest BCUT2D eigenvalue weighted by Gasteiger charge is -2.26. The highest BCUT2D eigenvalue weighted by Crippen LogP contribution is 2.42. The van der Waals surface area contributed by atoms with Crippen LogP contribution in [0.15, 0.2) is 23.8 Å². The number of ketones is 1. The van der Waals surface area contributed by atoms with Gasteiger partial charge in [-0.3, -0.25) is 9.59 Å². The van der Waals surface area contributed by atoms with E-state index in [1.165, 1.54) is 4.90 Å². The number of aromatic amines is 1. The highest BCUT2D eigenvalue weighted by Gasteiger charge is 2.46. The molecule has 6 nitrogen and oxygen atoms in total. The van der Waals surface area contributed by atoms with Crippen molar-refractivity contribution in [2.24, 2.45) is 0 Å². The molecule has 0 bridgehead atoms. The molecule has 1 fully saturated rings. The smallest absolute Gasteiger partial charge is 0.295 e. The molecule has 1 aliphatic heterocycles. The summed E-state index contributed by atoms with van der Waals surface area (Å²) >= 11 is 12.3. The number of aryl methyl sites for hydroxylation is 2. The summed E-state index contributed by atoms with van der Waals surface area (Å²) in [7, 11) is 3.90. The first-order valence-electron chi connectivity index (χ1n) is 10.1. The highest BCUT2D eigenvalue weighted by molar-refractivity contribution is 6.47. The van der Waals surface area contributed by atoms with E-state index in [0.29, 0.717) is 34.1 Å². The fraction of sp³-hybridized carbons (Fsp3) is 0.391. The topological polar surface area (TPSA) is 76.6 Å². The van der Waals surface area contributed by atoms with Crippen molar-refractivity contribution in [3.63, 3.8) is 0 Å². The van der Waals surface area contributed by atoms with Crippen LogP contribution in [-0.2, 0) is 9.59 Å². The molecule has 1 unspecified atom stereocenters. The van der Waals surface area contributed by atoms with Gasteiger partial charge in [0.1, 0.15) is 5.76 Å². The van der Waals surface area contributed by atoms with Crippen molar-refractivity contribution in [2.75, 3.05) is 27.2 Å². The van der Waals surface area contributed by atoms with E-state index < -0.39 is 17.7 Å². The second-order valence-electron chi connectivity index (χ2n) is 8.20. The molecule has 1 saturated heterocycles. The number of likely N-dealkylation sites (tertiary alicyclic amines) is 1. The van der Waals surface area contributed by atoms with Gasteiger partial charge in [-0.15, -0.1) is 0 Å². The Morgan fingerprint density at radius 3 is 2.35 bits per heavy atom. The molecule has 1 aromatic heterocycles. The maximum atomic E-state index is 13.1. The van der Waals surface area contributed by atoms with Gasteiger partial charge >= 0.3 is 0 Å². The van der Waals surface area contributed by atoms with Crippen LogP contribution in [0.3, 0.4) is 0 Å². The van der Waals surface area contributed by atoms with Crippen molar-refractivity contribution in [3.05, 3.63) is 61.9 Å². The predicted molar refractivity (Wildman–Crippen MR) is 124 cm³/mol. The van der Waals surface area contributed by atoms with Crippen LogP contribution >= 0.6 is 23.2 Å². The van der Waals surface area contributed by atoms with Crippen LogP contribution in [-0.4, -0.2) is 58.8 Å². The Labute approximate surface area is 192 Å². The largest absolute Gasteiger partial charge is 0.507 e. The Kier molecular flexibility index (Phi) is 6.84. The third kappa shape index (κ3) is 4.38. The van der Waals surface area contributed by atoms with E-state index in [9.17, 15) is 14.7 Å². The van der Waals surface area contributed by atoms with E-state index in [4.69, 9.17) is 23.2 Å². The number of benzene rings is 1. The first-order valence-corrected chi connectivity index (χ1v) is 10.8. The van der Waals surface area contributed by atoms with Gasteiger partial charge in [0.25, 0.3) is 11.7 Å². The molecule has 0 aliphatic carbocycles. The number of H-pyrrole nitrogens is 1. The SMILES string of the molecule is Cc1[nH]c(C)c(/C(O)=C2\C(=O)C(=O)N(CCCN(C)C)C2c2ccc(Cl)c(Cl)c2)c1C. The lowest BCUT2D eigenvalue weighted by molar-refractivity contribution is -0.139. The second-order valence-corrected chi connectivity index (χ2v) is 9.01. The van der Waals surface area contributed by atoms with Crippen molar-refractivity contribution in [2.45, 2.75) is 33.2 Å². The Bertz CT molecular complexity index is 1070. The lowest BCUT2D eigenvalue weighted by Crippen LogP contribution is -2.32. The Morgan fingerprint density at radius 2 is 1.81 bits per heavy atom. The maximum Gasteiger partial charge on any atom is 0.295 e. The monoisotopic (exact) mass is 463 g/mol. The molecular weight excluding hydrogens is 437 g/mol. The summed E-state index contributed by atoms with van der Waals surface area (Å²) in [6, 6.07) is 4.27. The zero-order chi connectivity index (χ0) is 23.0. The Morgan fingerprint density at radius 1 is 1.13 bits per heavy atom. The molecule has 3 rings (SSSR count). The van der Waals surface area contributed by atoms with E-state index >= 15 is 0 Å². The van der Waals surface area contributed by atoms with Gasteiger partial charge in [0.15, 0.2) is 0 Å². The number of carbonyl (C=O) groups is 2. The molecule has 1 atom stereocenters. The molecule has 2 N–H and O–H groups in total. The molecule has 2 aromatic rings. The number of hydrogen-bond donors (Lipinski definition) is 2. The molecule has 166 valence electrons. The molecular formula is C23H27Cl2N3O3. The number of aromatic nitrogens is 1. The summed E-state index contributed by atoms with van der Waals surface area (Å²) in [5, 5.41) is 12.0. The number of carbonyl (C=O) groups excluding carboxylic acids is 2. The quantitative estimate of drug-likeness (QED) is 0.372. The summed E-state index contributed by atoms with van der Waals surface area (Å²) in [6.45, 7) is 6.72. The van der Waals surface area contributed by atoms with Crippen molar-refractivity contribution < 1.29 is 14.7 Å². The summed E-state index contributed by atoms with van der Waals surface area (Å²) in [4.78, 5) is 32.8. The van der Waals surface area contributed by atoms with Gasteiger partial charge in [-0.1, -0.05) is 29.3 Å². The van der Waals surface area contributed by atoms with Crippen LogP contribution in [0.25, 0.3) is 5.76 Å². The minimum absolute atomic E-state index is 0.0680. The van der Waals surface area contributed by atoms with E-state index in [0.717, 1.165) is 23.5 Å². The maximum absolute atomic E-state index is 13.1. The molecule has 8 heteroatoms. The number of hydrogen-bond acceptors (Lipinski definition) is 4. The van der Waals surface area contributed by atoms with Gasteiger partial charge in [-0.2, -0.15) is 0 Å². The number of amides is 1. The zero-order valence-electron chi connectivity index (χ0n) is 18.3. The summed E-state index contributed by atoms with van der Waals surface area (Å²) in [6.07, 6.45) is 0.680. The van der Waals surface area contributed by atoms with Crippen LogP contribution in [0.5, 0.6) is 0 Å². The van der Waals surface area contributed by atoms with Crippen molar-refractivity contribution in [3.8, 4) is 0 Å². The molecule has 1 aromatic carbocycles. The molecule has 0 spiro atoms. The average molecular weight is 464 g/mol. The first kappa shape index (κ1) is 23.4. The number of aliphatic hydroxyl groups excluding tert-OH is 1. The molecule has 2 heterocycles. The fourth-order valence-corrected chi connectivity index (χ4v) is 4.40. The Hall–Kier alpha value is -2.28. The zero-order valence-corrected chi connectivity index (χ0v) is 19.9. The van der Waals surface area contributed by atoms with Gasteiger partial charge in [-0.25, -0.2) is 0 Å². The molecule has 1 amide bonds. The molecule has 31 heavy (non-hydrogen) atoms. The van der Waals surface area contributed by atoms with Crippen molar-refractivity contribution in [1.29, 1.82) is 0 Å². The van der Waals surface area contributed by atoms with E-state index in [2.05, 4.69) is 4.98 Å². The summed E-state index contributed by atoms with van der Waals surface area (Å²) < 4.78 is 0. The van der Waals surface area contributed by atoms with Crippen LogP contribution < -0.4 is 0 Å². The lowest BCUT2D eigenvalue weighted by atomic mass is 9.94. The molecule has 0 saturated carbocycles. The number of nitrogens with zero attached hydrogens (tertiary/aromatic N) is 2. The average Bonchev–Trinajstić information content (AvgIpc) is 3.09. The normalized spacial score (nSPS) is 18.5. The predicted octanol–water partition coefficient (Wildman–Crippen LogP) is 4.62. The number of aliphatic hydroxyl groups is 1. The van der Waals surface area contributed by atoms with Gasteiger partial charge in [0.05, 0.1) is 21.7 Å². The number of Topliss-reactive ketones (excluding diaryl/α,β-unsaturated/α-hetero) is 1. The van der Waals surface area contributed by atoms with E-state index in [1.54, 1.807) is 18.2 Å². The van der Waals surface area contributed by atoms with Gasteiger partial charge < -0.3 is 19.9 Å². The third-order valence-corrected chi connectivity index (χ3v) is 6.47.